The van der Waals surface area contributed by atoms with Gasteiger partial charge in [0.05, 0.1) is 17.4 Å². The maximum atomic E-state index is 13.0. The minimum atomic E-state index is -2.87. The van der Waals surface area contributed by atoms with Crippen molar-refractivity contribution in [3.8, 4) is 0 Å². The molecule has 0 aliphatic carbocycles. The number of hydrogen-bond donors (Lipinski definition) is 1. The number of sulfone groups is 1. The average molecular weight is 342 g/mol. The number of halogens is 1. The molecule has 0 spiro atoms. The van der Waals surface area contributed by atoms with Crippen LogP contribution >= 0.6 is 0 Å². The molecule has 1 fully saturated rings. The van der Waals surface area contributed by atoms with Gasteiger partial charge in [-0.2, -0.15) is 0 Å². The summed E-state index contributed by atoms with van der Waals surface area (Å²) in [7, 11) is -2.87. The van der Waals surface area contributed by atoms with Gasteiger partial charge in [-0.15, -0.1) is 0 Å². The third kappa shape index (κ3) is 5.28. The molecule has 1 N–H and O–H groups in total. The van der Waals surface area contributed by atoms with E-state index in [2.05, 4.69) is 5.32 Å². The Morgan fingerprint density at radius 2 is 1.87 bits per heavy atom. The highest BCUT2D eigenvalue weighted by molar-refractivity contribution is 7.91. The summed E-state index contributed by atoms with van der Waals surface area (Å²) < 4.78 is 35.7. The summed E-state index contributed by atoms with van der Waals surface area (Å²) in [5.74, 6) is -0.312. The van der Waals surface area contributed by atoms with E-state index in [1.165, 1.54) is 12.1 Å². The Bertz CT molecular complexity index is 617. The lowest BCUT2D eigenvalue weighted by molar-refractivity contribution is -0.122. The van der Waals surface area contributed by atoms with Gasteiger partial charge in [-0.1, -0.05) is 19.1 Å². The first-order valence-corrected chi connectivity index (χ1v) is 9.69. The van der Waals surface area contributed by atoms with Crippen LogP contribution in [0.2, 0.25) is 0 Å². The van der Waals surface area contributed by atoms with Crippen molar-refractivity contribution in [2.45, 2.75) is 19.3 Å². The molecule has 1 aliphatic rings. The molecule has 1 aliphatic heterocycles. The second-order valence-corrected chi connectivity index (χ2v) is 8.10. The van der Waals surface area contributed by atoms with Crippen LogP contribution in [-0.4, -0.2) is 56.9 Å². The molecule has 1 amide bonds. The van der Waals surface area contributed by atoms with Gasteiger partial charge in [0.15, 0.2) is 9.84 Å². The molecule has 0 radical (unpaired) electrons. The van der Waals surface area contributed by atoms with Gasteiger partial charge in [0.1, 0.15) is 5.82 Å². The minimum absolute atomic E-state index is 0.0799. The molecule has 0 saturated carbocycles. The third-order valence-corrected chi connectivity index (χ3v) is 5.77. The van der Waals surface area contributed by atoms with Gasteiger partial charge < -0.3 is 5.32 Å². The van der Waals surface area contributed by atoms with Gasteiger partial charge in [0.25, 0.3) is 0 Å². The van der Waals surface area contributed by atoms with Crippen LogP contribution in [0.1, 0.15) is 24.8 Å². The van der Waals surface area contributed by atoms with E-state index in [9.17, 15) is 17.6 Å². The molecular weight excluding hydrogens is 319 g/mol. The molecule has 2 rings (SSSR count). The van der Waals surface area contributed by atoms with Crippen LogP contribution in [0, 0.1) is 5.82 Å². The van der Waals surface area contributed by atoms with Crippen molar-refractivity contribution in [3.05, 3.63) is 35.6 Å². The van der Waals surface area contributed by atoms with Crippen molar-refractivity contribution in [1.82, 2.24) is 10.2 Å². The highest BCUT2D eigenvalue weighted by Gasteiger charge is 2.22. The Morgan fingerprint density at radius 3 is 2.43 bits per heavy atom. The fraction of sp³-hybridized carbons (Fsp3) is 0.562. The Labute approximate surface area is 136 Å². The minimum Gasteiger partial charge on any atom is -0.354 e. The van der Waals surface area contributed by atoms with Crippen LogP contribution in [0.25, 0.3) is 0 Å². The number of nitrogens with zero attached hydrogens (tertiary/aromatic N) is 1. The van der Waals surface area contributed by atoms with Crippen LogP contribution in [0.5, 0.6) is 0 Å². The third-order valence-electron chi connectivity index (χ3n) is 4.16. The molecule has 128 valence electrons. The highest BCUT2D eigenvalue weighted by Crippen LogP contribution is 2.19. The summed E-state index contributed by atoms with van der Waals surface area (Å²) in [6, 6.07) is 6.00. The number of carbonyl (C=O) groups excluding carboxylic acids is 1. The van der Waals surface area contributed by atoms with Crippen molar-refractivity contribution in [2.24, 2.45) is 0 Å². The maximum absolute atomic E-state index is 13.0. The van der Waals surface area contributed by atoms with Crippen molar-refractivity contribution in [3.63, 3.8) is 0 Å². The smallest absolute Gasteiger partial charge is 0.227 e. The van der Waals surface area contributed by atoms with Crippen LogP contribution in [0.15, 0.2) is 24.3 Å². The first kappa shape index (κ1) is 17.9. The lowest BCUT2D eigenvalue weighted by Gasteiger charge is -2.26. The van der Waals surface area contributed by atoms with E-state index in [-0.39, 0.29) is 29.1 Å². The van der Waals surface area contributed by atoms with E-state index >= 15 is 0 Å². The number of carbonyl (C=O) groups is 1. The van der Waals surface area contributed by atoms with Gasteiger partial charge in [-0.05, 0) is 24.1 Å². The standard InChI is InChI=1S/C16H23FN2O3S/c1-2-15(13-3-5-14(17)6-4-13)16(20)18-7-8-19-9-11-23(21,22)12-10-19/h3-6,15H,2,7-12H2,1H3,(H,18,20)/t15-/m0/s1. The van der Waals surface area contributed by atoms with Crippen molar-refractivity contribution in [1.29, 1.82) is 0 Å². The molecule has 7 heteroatoms. The Balaban J connectivity index is 1.80. The van der Waals surface area contributed by atoms with E-state index in [1.54, 1.807) is 12.1 Å². The summed E-state index contributed by atoms with van der Waals surface area (Å²) >= 11 is 0. The topological polar surface area (TPSA) is 66.5 Å². The fourth-order valence-electron chi connectivity index (χ4n) is 2.70. The number of nitrogens with one attached hydrogen (secondary N) is 1. The van der Waals surface area contributed by atoms with Gasteiger partial charge in [-0.3, -0.25) is 9.69 Å². The molecule has 5 nitrogen and oxygen atoms in total. The molecule has 1 atom stereocenters. The highest BCUT2D eigenvalue weighted by atomic mass is 32.2. The SMILES string of the molecule is CC[C@H](C(=O)NCCN1CCS(=O)(=O)CC1)c1ccc(F)cc1. The van der Waals surface area contributed by atoms with Gasteiger partial charge >= 0.3 is 0 Å². The fourth-order valence-corrected chi connectivity index (χ4v) is 3.98. The largest absolute Gasteiger partial charge is 0.354 e. The first-order chi connectivity index (χ1) is 10.9. The summed E-state index contributed by atoms with van der Waals surface area (Å²) in [4.78, 5) is 14.3. The predicted octanol–water partition coefficient (Wildman–Crippen LogP) is 1.17. The monoisotopic (exact) mass is 342 g/mol. The molecule has 1 saturated heterocycles. The van der Waals surface area contributed by atoms with Gasteiger partial charge in [0, 0.05) is 26.2 Å². The molecule has 0 unspecified atom stereocenters. The van der Waals surface area contributed by atoms with E-state index in [0.29, 0.717) is 32.6 Å². The summed E-state index contributed by atoms with van der Waals surface area (Å²) in [5, 5.41) is 2.89. The number of amides is 1. The Morgan fingerprint density at radius 1 is 1.26 bits per heavy atom. The first-order valence-electron chi connectivity index (χ1n) is 7.87. The van der Waals surface area contributed by atoms with Crippen LogP contribution in [0.3, 0.4) is 0 Å². The van der Waals surface area contributed by atoms with E-state index < -0.39 is 9.84 Å². The summed E-state index contributed by atoms with van der Waals surface area (Å²) in [5.41, 5.74) is 0.801. The van der Waals surface area contributed by atoms with Crippen molar-refractivity contribution < 1.29 is 17.6 Å². The van der Waals surface area contributed by atoms with Crippen molar-refractivity contribution >= 4 is 15.7 Å². The normalized spacial score (nSPS) is 19.2. The van der Waals surface area contributed by atoms with Crippen molar-refractivity contribution in [2.75, 3.05) is 37.7 Å². The molecule has 1 heterocycles. The Hall–Kier alpha value is -1.47. The summed E-state index contributed by atoms with van der Waals surface area (Å²) in [6.07, 6.45) is 0.638. The second kappa shape index (κ2) is 7.88. The number of rotatable bonds is 6. The van der Waals surface area contributed by atoms with Crippen LogP contribution < -0.4 is 5.32 Å². The van der Waals surface area contributed by atoms with Gasteiger partial charge in [0.2, 0.25) is 5.91 Å². The van der Waals surface area contributed by atoms with Gasteiger partial charge in [-0.25, -0.2) is 12.8 Å². The van der Waals surface area contributed by atoms with Crippen LogP contribution in [-0.2, 0) is 14.6 Å². The predicted molar refractivity (Wildman–Crippen MR) is 87.5 cm³/mol. The van der Waals surface area contributed by atoms with E-state index in [4.69, 9.17) is 0 Å². The van der Waals surface area contributed by atoms with E-state index in [0.717, 1.165) is 5.56 Å². The maximum Gasteiger partial charge on any atom is 0.227 e. The molecule has 1 aromatic rings. The zero-order valence-corrected chi connectivity index (χ0v) is 14.1. The number of hydrogen-bond acceptors (Lipinski definition) is 4. The molecular formula is C16H23FN2O3S. The van der Waals surface area contributed by atoms with Crippen LogP contribution in [0.4, 0.5) is 4.39 Å². The average Bonchev–Trinajstić information content (AvgIpc) is 2.51. The summed E-state index contributed by atoms with van der Waals surface area (Å²) in [6.45, 7) is 4.08. The van der Waals surface area contributed by atoms with E-state index in [1.807, 2.05) is 11.8 Å². The number of benzene rings is 1. The Kier molecular flexibility index (Phi) is 6.12. The second-order valence-electron chi connectivity index (χ2n) is 5.80. The molecule has 1 aromatic carbocycles. The molecule has 23 heavy (non-hydrogen) atoms. The molecule has 0 aromatic heterocycles. The lowest BCUT2D eigenvalue weighted by atomic mass is 9.95. The zero-order chi connectivity index (χ0) is 16.9. The molecule has 0 bridgehead atoms. The quantitative estimate of drug-likeness (QED) is 0.843. The lowest BCUT2D eigenvalue weighted by Crippen LogP contribution is -2.44. The zero-order valence-electron chi connectivity index (χ0n) is 13.3.